The number of hydrogen-bond acceptors (Lipinski definition) is 8. The van der Waals surface area contributed by atoms with Crippen LogP contribution in [0.5, 0.6) is 11.5 Å². The van der Waals surface area contributed by atoms with Crippen molar-refractivity contribution < 1.29 is 37.6 Å². The van der Waals surface area contributed by atoms with Gasteiger partial charge in [-0.1, -0.05) is 12.1 Å². The smallest absolute Gasteiger partial charge is 0.387 e. The van der Waals surface area contributed by atoms with E-state index in [1.54, 1.807) is 0 Å². The maximum atomic E-state index is 12.5. The first-order valence-corrected chi connectivity index (χ1v) is 10.5. The highest BCUT2D eigenvalue weighted by Crippen LogP contribution is 2.32. The Morgan fingerprint density at radius 3 is 2.38 bits per heavy atom. The molecule has 1 saturated heterocycles. The normalized spacial score (nSPS) is 14.6. The molecular formula is C21H17F2N3O7S. The fourth-order valence-electron chi connectivity index (χ4n) is 2.76. The molecule has 10 nitrogen and oxygen atoms in total. The summed E-state index contributed by atoms with van der Waals surface area (Å²) in [6.07, 6.45) is 1.45. The molecule has 0 aliphatic carbocycles. The Hall–Kier alpha value is -4.00. The summed E-state index contributed by atoms with van der Waals surface area (Å²) < 4.78 is 33.9. The molecule has 0 atom stereocenters. The topological polar surface area (TPSA) is 128 Å². The van der Waals surface area contributed by atoms with Gasteiger partial charge in [-0.15, -0.1) is 0 Å². The van der Waals surface area contributed by atoms with Crippen LogP contribution in [0.15, 0.2) is 53.4 Å². The number of thioether (sulfide) groups is 1. The molecular weight excluding hydrogens is 476 g/mol. The Bertz CT molecular complexity index is 1110. The van der Waals surface area contributed by atoms with Gasteiger partial charge in [0.15, 0.2) is 6.61 Å². The first-order chi connectivity index (χ1) is 16.2. The van der Waals surface area contributed by atoms with Crippen molar-refractivity contribution in [3.8, 4) is 11.5 Å². The van der Waals surface area contributed by atoms with Crippen molar-refractivity contribution in [1.29, 1.82) is 0 Å². The summed E-state index contributed by atoms with van der Waals surface area (Å²) >= 11 is 0.723. The Balaban J connectivity index is 1.46. The highest BCUT2D eigenvalue weighted by molar-refractivity contribution is 8.18. The minimum Gasteiger partial charge on any atom is -0.484 e. The predicted octanol–water partition coefficient (Wildman–Crippen LogP) is 3.43. The summed E-state index contributed by atoms with van der Waals surface area (Å²) in [7, 11) is 0. The number of benzene rings is 2. The van der Waals surface area contributed by atoms with Crippen molar-refractivity contribution in [2.75, 3.05) is 19.7 Å². The molecule has 3 amide bonds. The number of carbonyl (C=O) groups excluding carboxylic acids is 3. The second-order valence-electron chi connectivity index (χ2n) is 6.67. The van der Waals surface area contributed by atoms with Crippen LogP contribution in [0, 0.1) is 10.1 Å². The Labute approximate surface area is 195 Å². The summed E-state index contributed by atoms with van der Waals surface area (Å²) in [4.78, 5) is 47.8. The fourth-order valence-corrected chi connectivity index (χ4v) is 3.63. The molecule has 2 aromatic carbocycles. The lowest BCUT2D eigenvalue weighted by Crippen LogP contribution is -2.38. The van der Waals surface area contributed by atoms with E-state index in [0.717, 1.165) is 16.7 Å². The van der Waals surface area contributed by atoms with Crippen molar-refractivity contribution in [2.45, 2.75) is 6.61 Å². The second-order valence-corrected chi connectivity index (χ2v) is 7.66. The molecule has 0 aromatic heterocycles. The van der Waals surface area contributed by atoms with Gasteiger partial charge in [-0.3, -0.25) is 29.4 Å². The zero-order chi connectivity index (χ0) is 24.7. The number of nitrogens with one attached hydrogen (secondary N) is 1. The molecule has 34 heavy (non-hydrogen) atoms. The average molecular weight is 493 g/mol. The third kappa shape index (κ3) is 6.75. The Morgan fingerprint density at radius 2 is 1.76 bits per heavy atom. The van der Waals surface area contributed by atoms with Crippen molar-refractivity contribution in [2.24, 2.45) is 0 Å². The lowest BCUT2D eigenvalue weighted by atomic mass is 10.2. The van der Waals surface area contributed by atoms with Crippen LogP contribution in [-0.2, 0) is 9.59 Å². The number of alkyl halides is 2. The molecule has 2 aromatic rings. The van der Waals surface area contributed by atoms with Crippen molar-refractivity contribution in [1.82, 2.24) is 10.2 Å². The lowest BCUT2D eigenvalue weighted by molar-refractivity contribution is -0.384. The molecule has 3 rings (SSSR count). The van der Waals surface area contributed by atoms with Gasteiger partial charge in [-0.25, -0.2) is 0 Å². The summed E-state index contributed by atoms with van der Waals surface area (Å²) in [5, 5.41) is 12.6. The number of non-ortho nitro benzene ring substituents is 1. The molecule has 0 unspecified atom stereocenters. The number of nitro groups is 1. The van der Waals surface area contributed by atoms with Crippen LogP contribution in [0.2, 0.25) is 0 Å². The van der Waals surface area contributed by atoms with E-state index in [2.05, 4.69) is 10.1 Å². The van der Waals surface area contributed by atoms with E-state index in [4.69, 9.17) is 4.74 Å². The fraction of sp³-hybridized carbons (Fsp3) is 0.190. The van der Waals surface area contributed by atoms with E-state index in [1.807, 2.05) is 0 Å². The van der Waals surface area contributed by atoms with Crippen LogP contribution in [0.4, 0.5) is 19.3 Å². The van der Waals surface area contributed by atoms with Crippen LogP contribution in [-0.4, -0.2) is 53.2 Å². The van der Waals surface area contributed by atoms with Crippen LogP contribution in [0.1, 0.15) is 5.56 Å². The van der Waals surface area contributed by atoms with E-state index < -0.39 is 28.6 Å². The summed E-state index contributed by atoms with van der Waals surface area (Å²) in [5.74, 6) is -0.814. The largest absolute Gasteiger partial charge is 0.484 e. The van der Waals surface area contributed by atoms with Crippen molar-refractivity contribution >= 4 is 40.6 Å². The average Bonchev–Trinajstić information content (AvgIpc) is 3.06. The maximum Gasteiger partial charge on any atom is 0.387 e. The first kappa shape index (κ1) is 24.6. The van der Waals surface area contributed by atoms with Gasteiger partial charge in [-0.05, 0) is 47.7 Å². The number of hydrogen-bond donors (Lipinski definition) is 1. The predicted molar refractivity (Wildman–Crippen MR) is 117 cm³/mol. The third-order valence-electron chi connectivity index (χ3n) is 4.35. The van der Waals surface area contributed by atoms with Gasteiger partial charge in [0.05, 0.1) is 9.83 Å². The molecule has 0 saturated carbocycles. The minimum atomic E-state index is -2.95. The number of halogens is 2. The zero-order valence-electron chi connectivity index (χ0n) is 17.3. The first-order valence-electron chi connectivity index (χ1n) is 9.67. The van der Waals surface area contributed by atoms with E-state index in [1.165, 1.54) is 54.6 Å². The van der Waals surface area contributed by atoms with Gasteiger partial charge < -0.3 is 14.8 Å². The van der Waals surface area contributed by atoms with Gasteiger partial charge in [0.25, 0.3) is 22.7 Å². The molecule has 1 N–H and O–H groups in total. The number of nitro benzene ring substituents is 1. The van der Waals surface area contributed by atoms with E-state index in [-0.39, 0.29) is 41.8 Å². The van der Waals surface area contributed by atoms with Gasteiger partial charge in [0, 0.05) is 25.2 Å². The lowest BCUT2D eigenvalue weighted by Gasteiger charge is -2.13. The number of amides is 3. The van der Waals surface area contributed by atoms with Crippen molar-refractivity contribution in [3.63, 3.8) is 0 Å². The SMILES string of the molecule is O=C(COc1ccc([N+](=O)[O-])cc1)NCCN1C(=O)S/C(=C\c2ccc(OC(F)F)cc2)C1=O. The quantitative estimate of drug-likeness (QED) is 0.303. The van der Waals surface area contributed by atoms with Crippen molar-refractivity contribution in [3.05, 3.63) is 69.1 Å². The van der Waals surface area contributed by atoms with Crippen LogP contribution in [0.3, 0.4) is 0 Å². The monoisotopic (exact) mass is 493 g/mol. The summed E-state index contributed by atoms with van der Waals surface area (Å²) in [6, 6.07) is 10.8. The van der Waals surface area contributed by atoms with Crippen LogP contribution in [0.25, 0.3) is 6.08 Å². The van der Waals surface area contributed by atoms with E-state index >= 15 is 0 Å². The highest BCUT2D eigenvalue weighted by atomic mass is 32.2. The van der Waals surface area contributed by atoms with Gasteiger partial charge >= 0.3 is 6.61 Å². The molecule has 1 aliphatic rings. The van der Waals surface area contributed by atoms with Gasteiger partial charge in [0.1, 0.15) is 11.5 Å². The molecule has 1 fully saturated rings. The van der Waals surface area contributed by atoms with E-state index in [0.29, 0.717) is 5.56 Å². The highest BCUT2D eigenvalue weighted by Gasteiger charge is 2.34. The summed E-state index contributed by atoms with van der Waals surface area (Å²) in [5.41, 5.74) is 0.407. The molecule has 13 heteroatoms. The third-order valence-corrected chi connectivity index (χ3v) is 5.26. The number of ether oxygens (including phenoxy) is 2. The van der Waals surface area contributed by atoms with Crippen LogP contribution >= 0.6 is 11.8 Å². The molecule has 0 spiro atoms. The second kappa shape index (κ2) is 11.2. The Kier molecular flexibility index (Phi) is 8.14. The number of imide groups is 1. The van der Waals surface area contributed by atoms with Crippen LogP contribution < -0.4 is 14.8 Å². The standard InChI is InChI=1S/C21H17F2N3O7S/c22-20(23)33-16-5-1-13(2-6-16)11-17-19(28)25(21(29)34-17)10-9-24-18(27)12-32-15-7-3-14(4-8-15)26(30)31/h1-8,11,20H,9-10,12H2,(H,24,27)/b17-11-. The molecule has 178 valence electrons. The number of nitrogens with zero attached hydrogens (tertiary/aromatic N) is 2. The van der Waals surface area contributed by atoms with E-state index in [9.17, 15) is 33.3 Å². The van der Waals surface area contributed by atoms with Gasteiger partial charge in [0.2, 0.25) is 0 Å². The maximum absolute atomic E-state index is 12.5. The minimum absolute atomic E-state index is 0.00651. The molecule has 1 heterocycles. The summed E-state index contributed by atoms with van der Waals surface area (Å²) in [6.45, 7) is -3.37. The Morgan fingerprint density at radius 1 is 1.12 bits per heavy atom. The molecule has 0 bridgehead atoms. The molecule has 0 radical (unpaired) electrons. The zero-order valence-corrected chi connectivity index (χ0v) is 18.1. The number of rotatable bonds is 10. The number of carbonyl (C=O) groups is 3. The molecule has 1 aliphatic heterocycles. The van der Waals surface area contributed by atoms with Gasteiger partial charge in [-0.2, -0.15) is 8.78 Å².